The highest BCUT2D eigenvalue weighted by Crippen LogP contribution is 2.24. The molecule has 0 unspecified atom stereocenters. The zero-order valence-corrected chi connectivity index (χ0v) is 11.9. The molecule has 0 atom stereocenters. The van der Waals surface area contributed by atoms with Crippen molar-refractivity contribution in [2.45, 2.75) is 26.9 Å². The monoisotopic (exact) mass is 258 g/mol. The number of ether oxygens (including phenoxy) is 1. The van der Waals surface area contributed by atoms with Crippen LogP contribution in [0.25, 0.3) is 10.9 Å². The molecule has 1 aromatic heterocycles. The maximum atomic E-state index is 5.42. The largest absolute Gasteiger partial charge is 0.379 e. The summed E-state index contributed by atoms with van der Waals surface area (Å²) in [6, 6.07) is 6.78. The number of rotatable bonds is 3. The van der Waals surface area contributed by atoms with Crippen LogP contribution in [0.2, 0.25) is 0 Å². The van der Waals surface area contributed by atoms with Crippen molar-refractivity contribution >= 4 is 10.9 Å². The van der Waals surface area contributed by atoms with Crippen LogP contribution in [-0.4, -0.2) is 35.8 Å². The number of hydrogen-bond donors (Lipinski definition) is 0. The van der Waals surface area contributed by atoms with E-state index in [0.29, 0.717) is 0 Å². The number of aromatic nitrogens is 1. The van der Waals surface area contributed by atoms with Crippen LogP contribution in [0.4, 0.5) is 0 Å². The molecule has 2 aromatic rings. The molecule has 0 radical (unpaired) electrons. The molecule has 0 aliphatic carbocycles. The third-order valence-corrected chi connectivity index (χ3v) is 3.96. The van der Waals surface area contributed by atoms with Gasteiger partial charge in [-0.15, -0.1) is 0 Å². The molecular formula is C16H22N2O. The van der Waals surface area contributed by atoms with E-state index in [1.165, 1.54) is 22.0 Å². The molecule has 1 aromatic carbocycles. The average Bonchev–Trinajstić information content (AvgIpc) is 2.77. The molecule has 0 spiro atoms. The summed E-state index contributed by atoms with van der Waals surface area (Å²) in [5, 5.41) is 1.40. The van der Waals surface area contributed by atoms with Crippen LogP contribution in [0.3, 0.4) is 0 Å². The van der Waals surface area contributed by atoms with Gasteiger partial charge in [0.2, 0.25) is 0 Å². The Morgan fingerprint density at radius 1 is 1.21 bits per heavy atom. The molecule has 3 rings (SSSR count). The smallest absolute Gasteiger partial charge is 0.0594 e. The number of hydrogen-bond acceptors (Lipinski definition) is 2. The van der Waals surface area contributed by atoms with Crippen molar-refractivity contribution in [3.05, 3.63) is 35.5 Å². The van der Waals surface area contributed by atoms with Gasteiger partial charge in [-0.25, -0.2) is 0 Å². The highest BCUT2D eigenvalue weighted by atomic mass is 16.5. The quantitative estimate of drug-likeness (QED) is 0.842. The summed E-state index contributed by atoms with van der Waals surface area (Å²) < 4.78 is 7.78. The summed E-state index contributed by atoms with van der Waals surface area (Å²) >= 11 is 0. The lowest BCUT2D eigenvalue weighted by Crippen LogP contribution is -2.35. The second kappa shape index (κ2) is 5.35. The van der Waals surface area contributed by atoms with Gasteiger partial charge in [0.25, 0.3) is 0 Å². The lowest BCUT2D eigenvalue weighted by Gasteiger charge is -2.26. The Balaban J connectivity index is 1.94. The molecule has 1 aliphatic heterocycles. The first-order valence-corrected chi connectivity index (χ1v) is 7.16. The highest BCUT2D eigenvalue weighted by molar-refractivity contribution is 5.84. The second-order valence-corrected chi connectivity index (χ2v) is 5.35. The molecule has 0 N–H and O–H groups in total. The second-order valence-electron chi connectivity index (χ2n) is 5.35. The van der Waals surface area contributed by atoms with E-state index in [2.05, 4.69) is 47.7 Å². The number of fused-ring (bicyclic) bond motifs is 1. The minimum Gasteiger partial charge on any atom is -0.379 e. The lowest BCUT2D eigenvalue weighted by atomic mass is 10.1. The van der Waals surface area contributed by atoms with Gasteiger partial charge in [0.15, 0.2) is 0 Å². The van der Waals surface area contributed by atoms with Crippen molar-refractivity contribution in [3.8, 4) is 0 Å². The van der Waals surface area contributed by atoms with Crippen LogP contribution in [0.15, 0.2) is 24.4 Å². The minimum absolute atomic E-state index is 0.867. The summed E-state index contributed by atoms with van der Waals surface area (Å²) in [7, 11) is 0. The first kappa shape index (κ1) is 12.7. The van der Waals surface area contributed by atoms with Gasteiger partial charge in [-0.05, 0) is 31.0 Å². The Bertz CT molecular complexity index is 567. The fourth-order valence-electron chi connectivity index (χ4n) is 2.87. The molecule has 1 saturated heterocycles. The Hall–Kier alpha value is -1.32. The maximum Gasteiger partial charge on any atom is 0.0594 e. The SMILES string of the molecule is CCn1cc(CN2CCOCC2)c2ccc(C)cc21. The van der Waals surface area contributed by atoms with Crippen molar-refractivity contribution in [1.29, 1.82) is 0 Å². The van der Waals surface area contributed by atoms with E-state index in [4.69, 9.17) is 4.74 Å². The Labute approximate surface area is 114 Å². The van der Waals surface area contributed by atoms with Crippen LogP contribution in [0, 0.1) is 6.92 Å². The maximum absolute atomic E-state index is 5.42. The van der Waals surface area contributed by atoms with Crippen molar-refractivity contribution < 1.29 is 4.74 Å². The first-order valence-electron chi connectivity index (χ1n) is 7.16. The molecular weight excluding hydrogens is 236 g/mol. The van der Waals surface area contributed by atoms with Crippen molar-refractivity contribution in [2.24, 2.45) is 0 Å². The zero-order chi connectivity index (χ0) is 13.2. The lowest BCUT2D eigenvalue weighted by molar-refractivity contribution is 0.0343. The average molecular weight is 258 g/mol. The van der Waals surface area contributed by atoms with E-state index < -0.39 is 0 Å². The predicted octanol–water partition coefficient (Wildman–Crippen LogP) is 2.80. The summed E-state index contributed by atoms with van der Waals surface area (Å²) in [6.45, 7) is 10.3. The molecule has 1 aliphatic rings. The molecule has 0 saturated carbocycles. The van der Waals surface area contributed by atoms with Gasteiger partial charge in [-0.2, -0.15) is 0 Å². The Morgan fingerprint density at radius 2 is 2.00 bits per heavy atom. The summed E-state index contributed by atoms with van der Waals surface area (Å²) in [5.74, 6) is 0. The molecule has 0 amide bonds. The number of aryl methyl sites for hydroxylation is 2. The van der Waals surface area contributed by atoms with Crippen LogP contribution < -0.4 is 0 Å². The topological polar surface area (TPSA) is 17.4 Å². The molecule has 102 valence electrons. The van der Waals surface area contributed by atoms with Gasteiger partial charge in [-0.3, -0.25) is 4.90 Å². The van der Waals surface area contributed by atoms with Gasteiger partial charge >= 0.3 is 0 Å². The van der Waals surface area contributed by atoms with Crippen molar-refractivity contribution in [2.75, 3.05) is 26.3 Å². The van der Waals surface area contributed by atoms with Gasteiger partial charge < -0.3 is 9.30 Å². The van der Waals surface area contributed by atoms with E-state index in [0.717, 1.165) is 39.4 Å². The van der Waals surface area contributed by atoms with Crippen LogP contribution in [-0.2, 0) is 17.8 Å². The third-order valence-electron chi connectivity index (χ3n) is 3.96. The normalized spacial score (nSPS) is 17.2. The fraction of sp³-hybridized carbons (Fsp3) is 0.500. The van der Waals surface area contributed by atoms with Crippen molar-refractivity contribution in [1.82, 2.24) is 9.47 Å². The first-order chi connectivity index (χ1) is 9.28. The van der Waals surface area contributed by atoms with Gasteiger partial charge in [0.1, 0.15) is 0 Å². The van der Waals surface area contributed by atoms with Gasteiger partial charge in [0, 0.05) is 43.3 Å². The molecule has 3 nitrogen and oxygen atoms in total. The van der Waals surface area contributed by atoms with E-state index in [1.54, 1.807) is 0 Å². The standard InChI is InChI=1S/C16H22N2O/c1-3-18-12-14(11-17-6-8-19-9-7-17)15-5-4-13(2)10-16(15)18/h4-5,10,12H,3,6-9,11H2,1-2H3. The molecule has 0 bridgehead atoms. The molecule has 3 heteroatoms. The summed E-state index contributed by atoms with van der Waals surface area (Å²) in [5.41, 5.74) is 4.14. The van der Waals surface area contributed by atoms with Crippen molar-refractivity contribution in [3.63, 3.8) is 0 Å². The van der Waals surface area contributed by atoms with Crippen LogP contribution in [0.1, 0.15) is 18.1 Å². The summed E-state index contributed by atoms with van der Waals surface area (Å²) in [4.78, 5) is 2.48. The highest BCUT2D eigenvalue weighted by Gasteiger charge is 2.14. The minimum atomic E-state index is 0.867. The fourth-order valence-corrected chi connectivity index (χ4v) is 2.87. The molecule has 1 fully saturated rings. The Kier molecular flexibility index (Phi) is 3.58. The van der Waals surface area contributed by atoms with E-state index in [9.17, 15) is 0 Å². The zero-order valence-electron chi connectivity index (χ0n) is 11.9. The van der Waals surface area contributed by atoms with Crippen LogP contribution >= 0.6 is 0 Å². The van der Waals surface area contributed by atoms with E-state index in [1.807, 2.05) is 0 Å². The van der Waals surface area contributed by atoms with Crippen LogP contribution in [0.5, 0.6) is 0 Å². The molecule has 19 heavy (non-hydrogen) atoms. The predicted molar refractivity (Wildman–Crippen MR) is 78.4 cm³/mol. The third kappa shape index (κ3) is 2.53. The number of morpholine rings is 1. The van der Waals surface area contributed by atoms with Gasteiger partial charge in [-0.1, -0.05) is 12.1 Å². The van der Waals surface area contributed by atoms with Gasteiger partial charge in [0.05, 0.1) is 13.2 Å². The molecule has 2 heterocycles. The Morgan fingerprint density at radius 3 is 2.74 bits per heavy atom. The van der Waals surface area contributed by atoms with E-state index >= 15 is 0 Å². The summed E-state index contributed by atoms with van der Waals surface area (Å²) in [6.07, 6.45) is 2.32. The number of nitrogens with zero attached hydrogens (tertiary/aromatic N) is 2. The van der Waals surface area contributed by atoms with E-state index in [-0.39, 0.29) is 0 Å². The number of benzene rings is 1.